The first-order chi connectivity index (χ1) is 9.38. The summed E-state index contributed by atoms with van der Waals surface area (Å²) in [6.07, 6.45) is -6.73. The molecule has 0 unspecified atom stereocenters. The van der Waals surface area contributed by atoms with Gasteiger partial charge >= 0.3 is 12.5 Å². The number of alkyl halides is 4. The van der Waals surface area contributed by atoms with Gasteiger partial charge in [0.05, 0.1) is 0 Å². The Labute approximate surface area is 113 Å². The molecule has 0 N–H and O–H groups in total. The van der Waals surface area contributed by atoms with Crippen molar-refractivity contribution in [1.29, 1.82) is 0 Å². The summed E-state index contributed by atoms with van der Waals surface area (Å²) in [5.41, 5.74) is 2.37. The van der Waals surface area contributed by atoms with Crippen LogP contribution >= 0.6 is 0 Å². The van der Waals surface area contributed by atoms with Crippen molar-refractivity contribution in [1.82, 2.24) is 4.98 Å². The van der Waals surface area contributed by atoms with Crippen LogP contribution in [0.1, 0.15) is 5.69 Å². The van der Waals surface area contributed by atoms with E-state index in [9.17, 15) is 17.6 Å². The summed E-state index contributed by atoms with van der Waals surface area (Å²) in [5.74, 6) is -0.320. The average molecular weight is 285 g/mol. The first kappa shape index (κ1) is 14.3. The summed E-state index contributed by atoms with van der Waals surface area (Å²) in [5, 5.41) is 0. The lowest BCUT2D eigenvalue weighted by Gasteiger charge is -2.16. The zero-order chi connectivity index (χ0) is 14.8. The molecule has 20 heavy (non-hydrogen) atoms. The molecule has 0 radical (unpaired) electrons. The van der Waals surface area contributed by atoms with Gasteiger partial charge in [-0.2, -0.15) is 17.6 Å². The first-order valence-electron chi connectivity index (χ1n) is 5.76. The van der Waals surface area contributed by atoms with Crippen LogP contribution in [0.25, 0.3) is 11.1 Å². The van der Waals surface area contributed by atoms with Gasteiger partial charge in [-0.25, -0.2) is 0 Å². The lowest BCUT2D eigenvalue weighted by molar-refractivity contribution is -0.253. The Morgan fingerprint density at radius 2 is 1.60 bits per heavy atom. The SMILES string of the molecule is Cc1ccc(-c2ccc(OC(F)(F)C(F)F)cc2)cn1. The van der Waals surface area contributed by atoms with Gasteiger partial charge in [-0.1, -0.05) is 18.2 Å². The minimum atomic E-state index is -4.49. The number of hydrogen-bond donors (Lipinski definition) is 0. The summed E-state index contributed by atoms with van der Waals surface area (Å²) in [7, 11) is 0. The van der Waals surface area contributed by atoms with Crippen LogP contribution in [0.3, 0.4) is 0 Å². The smallest absolute Gasteiger partial charge is 0.428 e. The van der Waals surface area contributed by atoms with E-state index in [1.165, 1.54) is 24.3 Å². The fraction of sp³-hybridized carbons (Fsp3) is 0.214. The zero-order valence-electron chi connectivity index (χ0n) is 10.5. The molecule has 2 nitrogen and oxygen atoms in total. The maximum Gasteiger partial charge on any atom is 0.461 e. The Morgan fingerprint density at radius 3 is 2.10 bits per heavy atom. The molecule has 106 valence electrons. The second-order valence-electron chi connectivity index (χ2n) is 4.18. The molecule has 0 fully saturated rings. The molecule has 2 rings (SSSR count). The monoisotopic (exact) mass is 285 g/mol. The van der Waals surface area contributed by atoms with Gasteiger partial charge in [0.1, 0.15) is 5.75 Å². The molecule has 0 saturated heterocycles. The van der Waals surface area contributed by atoms with Crippen LogP contribution in [-0.2, 0) is 0 Å². The number of ether oxygens (including phenoxy) is 1. The minimum absolute atomic E-state index is 0.320. The van der Waals surface area contributed by atoms with E-state index in [2.05, 4.69) is 9.72 Å². The quantitative estimate of drug-likeness (QED) is 0.782. The third-order valence-corrected chi connectivity index (χ3v) is 2.61. The number of halogens is 4. The molecule has 2 aromatic rings. The summed E-state index contributed by atoms with van der Waals surface area (Å²) < 4.78 is 53.4. The molecular weight excluding hydrogens is 274 g/mol. The number of aryl methyl sites for hydroxylation is 1. The number of rotatable bonds is 4. The van der Waals surface area contributed by atoms with Crippen molar-refractivity contribution in [3.63, 3.8) is 0 Å². The van der Waals surface area contributed by atoms with Crippen LogP contribution in [-0.4, -0.2) is 17.5 Å². The molecule has 0 aliphatic rings. The molecule has 1 aromatic carbocycles. The molecule has 0 bridgehead atoms. The number of pyridine rings is 1. The minimum Gasteiger partial charge on any atom is -0.428 e. The van der Waals surface area contributed by atoms with E-state index in [1.54, 1.807) is 6.20 Å². The highest BCUT2D eigenvalue weighted by Gasteiger charge is 2.43. The van der Waals surface area contributed by atoms with Crippen LogP contribution in [0.5, 0.6) is 5.75 Å². The van der Waals surface area contributed by atoms with E-state index in [0.29, 0.717) is 0 Å². The molecule has 0 amide bonds. The second kappa shape index (κ2) is 5.48. The van der Waals surface area contributed by atoms with Gasteiger partial charge in [-0.15, -0.1) is 0 Å². The zero-order valence-corrected chi connectivity index (χ0v) is 10.5. The van der Waals surface area contributed by atoms with Crippen molar-refractivity contribution in [2.45, 2.75) is 19.5 Å². The van der Waals surface area contributed by atoms with Crippen LogP contribution in [0.4, 0.5) is 17.6 Å². The molecule has 0 spiro atoms. The molecule has 0 saturated carbocycles. The van der Waals surface area contributed by atoms with Crippen LogP contribution in [0.15, 0.2) is 42.6 Å². The number of aromatic nitrogens is 1. The highest BCUT2D eigenvalue weighted by atomic mass is 19.3. The number of benzene rings is 1. The van der Waals surface area contributed by atoms with Gasteiger partial charge in [0.2, 0.25) is 0 Å². The number of nitrogens with zero attached hydrogens (tertiary/aromatic N) is 1. The molecule has 0 aliphatic heterocycles. The van der Waals surface area contributed by atoms with Crippen molar-refractivity contribution in [3.8, 4) is 16.9 Å². The molecular formula is C14H11F4NO. The third kappa shape index (κ3) is 3.26. The highest BCUT2D eigenvalue weighted by molar-refractivity contribution is 5.63. The average Bonchev–Trinajstić information content (AvgIpc) is 2.40. The van der Waals surface area contributed by atoms with E-state index in [-0.39, 0.29) is 5.75 Å². The normalized spacial score (nSPS) is 11.7. The standard InChI is InChI=1S/C14H11F4NO/c1-9-2-3-11(8-19-9)10-4-6-12(7-5-10)20-14(17,18)13(15)16/h2-8,13H,1H3. The van der Waals surface area contributed by atoms with Crippen molar-refractivity contribution in [3.05, 3.63) is 48.3 Å². The fourth-order valence-corrected chi connectivity index (χ4v) is 1.56. The van der Waals surface area contributed by atoms with Gasteiger partial charge in [0.25, 0.3) is 0 Å². The topological polar surface area (TPSA) is 22.1 Å². The molecule has 0 atom stereocenters. The lowest BCUT2D eigenvalue weighted by atomic mass is 10.1. The van der Waals surface area contributed by atoms with Crippen LogP contribution in [0.2, 0.25) is 0 Å². The molecule has 1 heterocycles. The van der Waals surface area contributed by atoms with E-state index >= 15 is 0 Å². The van der Waals surface area contributed by atoms with Crippen molar-refractivity contribution in [2.24, 2.45) is 0 Å². The van der Waals surface area contributed by atoms with E-state index < -0.39 is 12.5 Å². The predicted molar refractivity (Wildman–Crippen MR) is 66.0 cm³/mol. The van der Waals surface area contributed by atoms with E-state index in [0.717, 1.165) is 16.8 Å². The summed E-state index contributed by atoms with van der Waals surface area (Å²) in [6, 6.07) is 9.07. The Morgan fingerprint density at radius 1 is 1.00 bits per heavy atom. The van der Waals surface area contributed by atoms with Crippen molar-refractivity contribution < 1.29 is 22.3 Å². The molecule has 6 heteroatoms. The third-order valence-electron chi connectivity index (χ3n) is 2.61. The van der Waals surface area contributed by atoms with Gasteiger partial charge in [-0.3, -0.25) is 4.98 Å². The maximum atomic E-state index is 12.7. The van der Waals surface area contributed by atoms with Crippen molar-refractivity contribution >= 4 is 0 Å². The van der Waals surface area contributed by atoms with E-state index in [4.69, 9.17) is 0 Å². The molecule has 0 aliphatic carbocycles. The van der Waals surface area contributed by atoms with Gasteiger partial charge in [-0.05, 0) is 30.7 Å². The first-order valence-corrected chi connectivity index (χ1v) is 5.76. The van der Waals surface area contributed by atoms with Gasteiger partial charge in [0, 0.05) is 17.5 Å². The summed E-state index contributed by atoms with van der Waals surface area (Å²) in [4.78, 5) is 4.11. The predicted octanol–water partition coefficient (Wildman–Crippen LogP) is 4.29. The number of hydrogen-bond acceptors (Lipinski definition) is 2. The second-order valence-corrected chi connectivity index (χ2v) is 4.18. The lowest BCUT2D eigenvalue weighted by Crippen LogP contribution is -2.33. The summed E-state index contributed by atoms with van der Waals surface area (Å²) in [6.45, 7) is 1.84. The Kier molecular flexibility index (Phi) is 3.92. The highest BCUT2D eigenvalue weighted by Crippen LogP contribution is 2.29. The largest absolute Gasteiger partial charge is 0.461 e. The molecule has 1 aromatic heterocycles. The Bertz CT molecular complexity index is 567. The maximum absolute atomic E-state index is 12.7. The van der Waals surface area contributed by atoms with Crippen LogP contribution in [0, 0.1) is 6.92 Å². The van der Waals surface area contributed by atoms with Gasteiger partial charge < -0.3 is 4.74 Å². The fourth-order valence-electron chi connectivity index (χ4n) is 1.56. The van der Waals surface area contributed by atoms with Gasteiger partial charge in [0.15, 0.2) is 0 Å². The summed E-state index contributed by atoms with van der Waals surface area (Å²) >= 11 is 0. The Balaban J connectivity index is 2.16. The van der Waals surface area contributed by atoms with Crippen LogP contribution < -0.4 is 4.74 Å². The van der Waals surface area contributed by atoms with Crippen molar-refractivity contribution in [2.75, 3.05) is 0 Å². The van der Waals surface area contributed by atoms with E-state index in [1.807, 2.05) is 19.1 Å². The Hall–Kier alpha value is -2.11.